The van der Waals surface area contributed by atoms with Gasteiger partial charge in [0.15, 0.2) is 0 Å². The van der Waals surface area contributed by atoms with Gasteiger partial charge in [-0.15, -0.1) is 0 Å². The first-order chi connectivity index (χ1) is 21.3. The summed E-state index contributed by atoms with van der Waals surface area (Å²) in [5.74, 6) is 0. The number of nitrogens with zero attached hydrogens (tertiary/aromatic N) is 6. The summed E-state index contributed by atoms with van der Waals surface area (Å²) in [6.45, 7) is 0.935. The van der Waals surface area contributed by atoms with Gasteiger partial charge in [0.2, 0.25) is 0 Å². The number of aliphatic hydroxyl groups is 1. The fourth-order valence-electron chi connectivity index (χ4n) is 4.28. The summed E-state index contributed by atoms with van der Waals surface area (Å²) in [5.41, 5.74) is 6.53. The number of hydrogen-bond acceptors (Lipinski definition) is 8. The van der Waals surface area contributed by atoms with Gasteiger partial charge in [-0.1, -0.05) is 30.3 Å². The summed E-state index contributed by atoms with van der Waals surface area (Å²) >= 11 is 0. The molecule has 220 valence electrons. The molecule has 0 saturated heterocycles. The van der Waals surface area contributed by atoms with Crippen molar-refractivity contribution < 1.29 is 24.6 Å². The summed E-state index contributed by atoms with van der Waals surface area (Å²) in [7, 11) is 0. The fourth-order valence-corrected chi connectivity index (χ4v) is 4.28. The van der Waals surface area contributed by atoms with E-state index in [4.69, 9.17) is 5.11 Å². The molecule has 6 aromatic heterocycles. The second kappa shape index (κ2) is 17.2. The molecule has 0 spiro atoms. The molecule has 0 aliphatic heterocycles. The van der Waals surface area contributed by atoms with Crippen molar-refractivity contribution in [2.45, 2.75) is 6.42 Å². The molecule has 0 atom stereocenters. The largest absolute Gasteiger partial charge is 0.396 e. The number of rotatable bonds is 6. The molecule has 8 nitrogen and oxygen atoms in total. The van der Waals surface area contributed by atoms with Gasteiger partial charge in [0, 0.05) is 86.3 Å². The van der Waals surface area contributed by atoms with Crippen LogP contribution in [0.2, 0.25) is 0 Å². The van der Waals surface area contributed by atoms with Crippen molar-refractivity contribution in [3.63, 3.8) is 0 Å². The average molecular weight is 667 g/mol. The van der Waals surface area contributed by atoms with Crippen molar-refractivity contribution in [1.29, 1.82) is 0 Å². The van der Waals surface area contributed by atoms with Crippen LogP contribution in [0, 0.1) is 0 Å². The molecule has 0 fully saturated rings. The summed E-state index contributed by atoms with van der Waals surface area (Å²) in [4.78, 5) is 25.6. The van der Waals surface area contributed by atoms with E-state index in [1.165, 1.54) is 0 Å². The maximum Gasteiger partial charge on any atom is 0.0985 e. The summed E-state index contributed by atoms with van der Waals surface area (Å²) in [6.07, 6.45) is 11.4. The van der Waals surface area contributed by atoms with Gasteiger partial charge in [0.25, 0.3) is 0 Å². The number of aliphatic hydroxyl groups excluding tert-OH is 1. The van der Waals surface area contributed by atoms with Gasteiger partial charge in [0.05, 0.1) is 33.8 Å². The van der Waals surface area contributed by atoms with E-state index < -0.39 is 0 Å². The molecule has 0 radical (unpaired) electrons. The first-order valence-corrected chi connectivity index (χ1v) is 14.0. The Labute approximate surface area is 269 Å². The minimum Gasteiger partial charge on any atom is -0.396 e. The zero-order chi connectivity index (χ0) is 29.5. The number of benzene rings is 1. The molecule has 44 heavy (non-hydrogen) atoms. The van der Waals surface area contributed by atoms with Crippen LogP contribution in [0.5, 0.6) is 0 Å². The molecule has 0 aliphatic carbocycles. The van der Waals surface area contributed by atoms with Crippen LogP contribution < -0.4 is 5.32 Å². The molecule has 6 heterocycles. The monoisotopic (exact) mass is 667 g/mol. The summed E-state index contributed by atoms with van der Waals surface area (Å²) < 4.78 is 0. The molecule has 0 aliphatic rings. The van der Waals surface area contributed by atoms with Crippen LogP contribution in [0.4, 0.5) is 5.69 Å². The van der Waals surface area contributed by atoms with Crippen LogP contribution in [-0.4, -0.2) is 48.2 Å². The zero-order valence-electron chi connectivity index (χ0n) is 23.9. The van der Waals surface area contributed by atoms with Crippen LogP contribution in [0.1, 0.15) is 6.42 Å². The van der Waals surface area contributed by atoms with Crippen LogP contribution >= 0.6 is 0 Å². The minimum absolute atomic E-state index is 0. The second-order valence-electron chi connectivity index (χ2n) is 9.26. The number of aromatic nitrogens is 6. The Hall–Kier alpha value is -4.98. The summed E-state index contributed by atoms with van der Waals surface area (Å²) in [5, 5.41) is 14.4. The molecule has 7 rings (SSSR count). The first-order valence-electron chi connectivity index (χ1n) is 14.0. The quantitative estimate of drug-likeness (QED) is 0.113. The number of fused-ring (bicyclic) bond motifs is 3. The first kappa shape index (κ1) is 31.9. The topological polar surface area (TPSA) is 110 Å². The third-order valence-electron chi connectivity index (χ3n) is 6.30. The van der Waals surface area contributed by atoms with Crippen LogP contribution in [-0.2, 0) is 19.5 Å². The molecular formula is C35H31N7ORu. The minimum atomic E-state index is 0. The number of pyridine rings is 6. The van der Waals surface area contributed by atoms with E-state index in [2.05, 4.69) is 41.3 Å². The number of hydrogen-bond donors (Lipinski definition) is 2. The van der Waals surface area contributed by atoms with E-state index in [9.17, 15) is 0 Å². The van der Waals surface area contributed by atoms with E-state index in [0.717, 1.165) is 63.2 Å². The SMILES string of the molecule is OCCCNc1cc2cccnc2c2ncccc12.[Ru].c1ccc(-c2ccccn2)nc1.c1ccc(-c2ccccn2)nc1. The molecule has 0 bridgehead atoms. The Morgan fingerprint density at radius 2 is 0.955 bits per heavy atom. The second-order valence-corrected chi connectivity index (χ2v) is 9.26. The predicted molar refractivity (Wildman–Crippen MR) is 172 cm³/mol. The van der Waals surface area contributed by atoms with Crippen molar-refractivity contribution in [3.8, 4) is 22.8 Å². The average Bonchev–Trinajstić information content (AvgIpc) is 3.10. The molecule has 2 N–H and O–H groups in total. The van der Waals surface area contributed by atoms with Gasteiger partial charge in [-0.2, -0.15) is 0 Å². The molecule has 1 aromatic carbocycles. The Kier molecular flexibility index (Phi) is 12.5. The van der Waals surface area contributed by atoms with Gasteiger partial charge >= 0.3 is 0 Å². The molecule has 0 saturated carbocycles. The fraction of sp³-hybridized carbons (Fsp3) is 0.0857. The van der Waals surface area contributed by atoms with Crippen molar-refractivity contribution in [2.75, 3.05) is 18.5 Å². The van der Waals surface area contributed by atoms with E-state index in [1.54, 1.807) is 37.2 Å². The maximum absolute atomic E-state index is 8.87. The van der Waals surface area contributed by atoms with E-state index in [0.29, 0.717) is 0 Å². The van der Waals surface area contributed by atoms with Crippen molar-refractivity contribution >= 4 is 27.5 Å². The van der Waals surface area contributed by atoms with Gasteiger partial charge < -0.3 is 10.4 Å². The third-order valence-corrected chi connectivity index (χ3v) is 6.30. The normalized spacial score (nSPS) is 10.0. The molecular weight excluding hydrogens is 636 g/mol. The van der Waals surface area contributed by atoms with Crippen molar-refractivity contribution in [3.05, 3.63) is 140 Å². The molecule has 0 unspecified atom stereocenters. The van der Waals surface area contributed by atoms with Crippen molar-refractivity contribution in [2.24, 2.45) is 0 Å². The molecule has 7 aromatic rings. The maximum atomic E-state index is 8.87. The molecule has 0 amide bonds. The predicted octanol–water partition coefficient (Wildman–Crippen LogP) is 6.86. The Morgan fingerprint density at radius 3 is 1.41 bits per heavy atom. The van der Waals surface area contributed by atoms with Gasteiger partial charge in [-0.05, 0) is 79.2 Å². The summed E-state index contributed by atoms with van der Waals surface area (Å²) in [6, 6.07) is 33.2. The number of anilines is 1. The van der Waals surface area contributed by atoms with Gasteiger partial charge in [0.1, 0.15) is 0 Å². The van der Waals surface area contributed by atoms with Gasteiger partial charge in [-0.3, -0.25) is 29.9 Å². The van der Waals surface area contributed by atoms with E-state index >= 15 is 0 Å². The van der Waals surface area contributed by atoms with Crippen LogP contribution in [0.3, 0.4) is 0 Å². The van der Waals surface area contributed by atoms with E-state index in [1.807, 2.05) is 97.1 Å². The van der Waals surface area contributed by atoms with Crippen LogP contribution in [0.25, 0.3) is 44.6 Å². The third kappa shape index (κ3) is 8.77. The van der Waals surface area contributed by atoms with Gasteiger partial charge in [-0.25, -0.2) is 0 Å². The standard InChI is InChI=1S/C15H15N3O.2C10H8N2.Ru/c19-9-3-8-16-13-10-11-4-1-6-17-14(11)15-12(13)5-2-7-18-15;2*1-3-7-11-9(5-1)10-6-2-4-8-12-10;/h1-2,4-7,10,16,19H,3,8-9H2;2*1-8H;. The Bertz CT molecular complexity index is 1680. The number of nitrogens with one attached hydrogen (secondary N) is 1. The Morgan fingerprint density at radius 1 is 0.500 bits per heavy atom. The molecule has 9 heteroatoms. The zero-order valence-corrected chi connectivity index (χ0v) is 25.6. The van der Waals surface area contributed by atoms with Crippen LogP contribution in [0.15, 0.2) is 140 Å². The van der Waals surface area contributed by atoms with E-state index in [-0.39, 0.29) is 26.1 Å². The van der Waals surface area contributed by atoms with Crippen molar-refractivity contribution in [1.82, 2.24) is 29.9 Å². The smallest absolute Gasteiger partial charge is 0.0985 e. The Balaban J connectivity index is 0.000000155.